The lowest BCUT2D eigenvalue weighted by Crippen LogP contribution is -2.31. The normalized spacial score (nSPS) is 22.2. The number of nitrogens with zero attached hydrogens (tertiary/aromatic N) is 1. The van der Waals surface area contributed by atoms with Crippen molar-refractivity contribution in [2.24, 2.45) is 0 Å². The van der Waals surface area contributed by atoms with Gasteiger partial charge in [-0.15, -0.1) is 0 Å². The third kappa shape index (κ3) is 4.22. The molecule has 3 heteroatoms. The van der Waals surface area contributed by atoms with Crippen molar-refractivity contribution in [2.75, 3.05) is 31.6 Å². The molecular formula is C17H28N2O. The average Bonchev–Trinajstić information content (AvgIpc) is 2.82. The third-order valence-corrected chi connectivity index (χ3v) is 3.94. The van der Waals surface area contributed by atoms with Crippen LogP contribution in [0, 0.1) is 13.8 Å². The maximum absolute atomic E-state index is 6.11. The summed E-state index contributed by atoms with van der Waals surface area (Å²) in [6, 6.07) is 6.71. The number of likely N-dealkylation sites (N-methyl/N-ethyl adjacent to an activating group) is 2. The first-order chi connectivity index (χ1) is 9.58. The van der Waals surface area contributed by atoms with Crippen LogP contribution >= 0.6 is 0 Å². The molecular weight excluding hydrogens is 248 g/mol. The Morgan fingerprint density at radius 3 is 2.45 bits per heavy atom. The number of benzene rings is 1. The molecule has 112 valence electrons. The summed E-state index contributed by atoms with van der Waals surface area (Å²) in [6.45, 7) is 9.44. The molecule has 3 nitrogen and oxygen atoms in total. The van der Waals surface area contributed by atoms with Gasteiger partial charge in [0.15, 0.2) is 0 Å². The highest BCUT2D eigenvalue weighted by atomic mass is 16.5. The van der Waals surface area contributed by atoms with Crippen molar-refractivity contribution in [1.82, 2.24) is 5.32 Å². The van der Waals surface area contributed by atoms with E-state index in [0.717, 1.165) is 19.6 Å². The summed E-state index contributed by atoms with van der Waals surface area (Å²) < 4.78 is 6.11. The molecule has 1 N–H and O–H groups in total. The van der Waals surface area contributed by atoms with Crippen molar-refractivity contribution in [3.05, 3.63) is 29.3 Å². The van der Waals surface area contributed by atoms with Crippen molar-refractivity contribution >= 4 is 5.69 Å². The van der Waals surface area contributed by atoms with Crippen LogP contribution in [0.25, 0.3) is 0 Å². The van der Waals surface area contributed by atoms with Crippen LogP contribution in [0.5, 0.6) is 0 Å². The zero-order valence-corrected chi connectivity index (χ0v) is 13.3. The molecule has 0 radical (unpaired) electrons. The van der Waals surface area contributed by atoms with Crippen molar-refractivity contribution in [3.63, 3.8) is 0 Å². The van der Waals surface area contributed by atoms with Crippen molar-refractivity contribution in [2.45, 2.75) is 45.8 Å². The van der Waals surface area contributed by atoms with Gasteiger partial charge in [0.05, 0.1) is 12.2 Å². The summed E-state index contributed by atoms with van der Waals surface area (Å²) in [4.78, 5) is 2.32. The molecule has 20 heavy (non-hydrogen) atoms. The lowest BCUT2D eigenvalue weighted by Gasteiger charge is -2.24. The Labute approximate surface area is 123 Å². The highest BCUT2D eigenvalue weighted by Gasteiger charge is 2.25. The van der Waals surface area contributed by atoms with Crippen molar-refractivity contribution in [3.8, 4) is 0 Å². The minimum absolute atomic E-state index is 0.365. The number of hydrogen-bond donors (Lipinski definition) is 1. The van der Waals surface area contributed by atoms with Crippen LogP contribution in [0.2, 0.25) is 0 Å². The summed E-state index contributed by atoms with van der Waals surface area (Å²) in [5, 5.41) is 3.37. The lowest BCUT2D eigenvalue weighted by molar-refractivity contribution is 0.0503. The third-order valence-electron chi connectivity index (χ3n) is 3.94. The Hall–Kier alpha value is -1.06. The fourth-order valence-corrected chi connectivity index (χ4v) is 2.95. The Kier molecular flexibility index (Phi) is 5.44. The van der Waals surface area contributed by atoms with E-state index in [1.165, 1.54) is 29.7 Å². The molecule has 0 aromatic heterocycles. The Balaban J connectivity index is 1.87. The molecule has 0 amide bonds. The standard InChI is InChI=1S/C17H28N2O/c1-5-18-11-16-6-7-17(20-16)12-19(4)15-9-13(2)8-14(3)10-15/h8-10,16-18H,5-7,11-12H2,1-4H3. The fraction of sp³-hybridized carbons (Fsp3) is 0.647. The predicted molar refractivity (Wildman–Crippen MR) is 85.6 cm³/mol. The topological polar surface area (TPSA) is 24.5 Å². The molecule has 1 aromatic rings. The van der Waals surface area contributed by atoms with Gasteiger partial charge in [0.25, 0.3) is 0 Å². The Morgan fingerprint density at radius 2 is 1.80 bits per heavy atom. The predicted octanol–water partition coefficient (Wildman–Crippen LogP) is 2.90. The van der Waals surface area contributed by atoms with Gasteiger partial charge < -0.3 is 15.0 Å². The highest BCUT2D eigenvalue weighted by molar-refractivity contribution is 5.50. The van der Waals surface area contributed by atoms with Crippen LogP contribution in [-0.4, -0.2) is 38.9 Å². The molecule has 2 atom stereocenters. The second kappa shape index (κ2) is 7.09. The summed E-state index contributed by atoms with van der Waals surface area (Å²) in [6.07, 6.45) is 3.11. The van der Waals surface area contributed by atoms with Crippen LogP contribution in [0.3, 0.4) is 0 Å². The fourth-order valence-electron chi connectivity index (χ4n) is 2.95. The van der Waals surface area contributed by atoms with Gasteiger partial charge in [-0.3, -0.25) is 0 Å². The van der Waals surface area contributed by atoms with Gasteiger partial charge >= 0.3 is 0 Å². The van der Waals surface area contributed by atoms with E-state index in [1.807, 2.05) is 0 Å². The molecule has 2 rings (SSSR count). The number of rotatable bonds is 6. The van der Waals surface area contributed by atoms with Gasteiger partial charge in [0.2, 0.25) is 0 Å². The Bertz CT molecular complexity index is 413. The number of hydrogen-bond acceptors (Lipinski definition) is 3. The molecule has 0 bridgehead atoms. The molecule has 1 aliphatic rings. The van der Waals surface area contributed by atoms with E-state index in [9.17, 15) is 0 Å². The zero-order valence-electron chi connectivity index (χ0n) is 13.3. The summed E-state index contributed by atoms with van der Waals surface area (Å²) in [5.74, 6) is 0. The van der Waals surface area contributed by atoms with Crippen LogP contribution in [0.1, 0.15) is 30.9 Å². The van der Waals surface area contributed by atoms with Gasteiger partial charge in [-0.1, -0.05) is 13.0 Å². The van der Waals surface area contributed by atoms with Gasteiger partial charge in [-0.2, -0.15) is 0 Å². The number of ether oxygens (including phenoxy) is 1. The molecule has 1 fully saturated rings. The maximum atomic E-state index is 6.11. The molecule has 1 aliphatic heterocycles. The second-order valence-corrected chi connectivity index (χ2v) is 5.99. The average molecular weight is 276 g/mol. The first-order valence-electron chi connectivity index (χ1n) is 7.74. The number of nitrogens with one attached hydrogen (secondary N) is 1. The highest BCUT2D eigenvalue weighted by Crippen LogP contribution is 2.23. The van der Waals surface area contributed by atoms with E-state index in [2.05, 4.69) is 56.2 Å². The van der Waals surface area contributed by atoms with E-state index in [0.29, 0.717) is 12.2 Å². The molecule has 1 heterocycles. The van der Waals surface area contributed by atoms with Crippen LogP contribution in [0.15, 0.2) is 18.2 Å². The van der Waals surface area contributed by atoms with Crippen LogP contribution < -0.4 is 10.2 Å². The smallest absolute Gasteiger partial charge is 0.0755 e. The SMILES string of the molecule is CCNCC1CCC(CN(C)c2cc(C)cc(C)c2)O1. The molecule has 0 saturated carbocycles. The second-order valence-electron chi connectivity index (χ2n) is 5.99. The molecule has 2 unspecified atom stereocenters. The van der Waals surface area contributed by atoms with E-state index in [1.54, 1.807) is 0 Å². The lowest BCUT2D eigenvalue weighted by atomic mass is 10.1. The van der Waals surface area contributed by atoms with Crippen molar-refractivity contribution < 1.29 is 4.74 Å². The monoisotopic (exact) mass is 276 g/mol. The molecule has 0 spiro atoms. The zero-order chi connectivity index (χ0) is 14.5. The summed E-state index contributed by atoms with van der Waals surface area (Å²) in [7, 11) is 2.16. The maximum Gasteiger partial charge on any atom is 0.0755 e. The van der Waals surface area contributed by atoms with Gasteiger partial charge in [0.1, 0.15) is 0 Å². The quantitative estimate of drug-likeness (QED) is 0.864. The number of anilines is 1. The summed E-state index contributed by atoms with van der Waals surface area (Å²) >= 11 is 0. The molecule has 1 saturated heterocycles. The van der Waals surface area contributed by atoms with Crippen LogP contribution in [0.4, 0.5) is 5.69 Å². The van der Waals surface area contributed by atoms with Gasteiger partial charge in [0, 0.05) is 25.8 Å². The Morgan fingerprint density at radius 1 is 1.15 bits per heavy atom. The summed E-state index contributed by atoms with van der Waals surface area (Å²) in [5.41, 5.74) is 3.94. The van der Waals surface area contributed by atoms with E-state index in [4.69, 9.17) is 4.74 Å². The van der Waals surface area contributed by atoms with Crippen molar-refractivity contribution in [1.29, 1.82) is 0 Å². The van der Waals surface area contributed by atoms with Gasteiger partial charge in [-0.25, -0.2) is 0 Å². The minimum Gasteiger partial charge on any atom is -0.372 e. The van der Waals surface area contributed by atoms with Gasteiger partial charge in [-0.05, 0) is 56.5 Å². The first-order valence-corrected chi connectivity index (χ1v) is 7.74. The van der Waals surface area contributed by atoms with E-state index >= 15 is 0 Å². The first kappa shape index (κ1) is 15.3. The minimum atomic E-state index is 0.365. The number of aryl methyl sites for hydroxylation is 2. The van der Waals surface area contributed by atoms with Crippen LogP contribution in [-0.2, 0) is 4.74 Å². The molecule has 1 aromatic carbocycles. The largest absolute Gasteiger partial charge is 0.372 e. The van der Waals surface area contributed by atoms with E-state index < -0.39 is 0 Å². The van der Waals surface area contributed by atoms with E-state index in [-0.39, 0.29) is 0 Å². The molecule has 0 aliphatic carbocycles.